The molecule has 0 saturated carbocycles. The quantitative estimate of drug-likeness (QED) is 0.548. The molecule has 7 nitrogen and oxygen atoms in total. The van der Waals surface area contributed by atoms with Gasteiger partial charge in [-0.2, -0.15) is 0 Å². The SMILES string of the molecule is CCOc1ccc(CC(=O)N2CCC[C@@H](c3cc(N(C)C)nc(-c4cccnc4)n3)C2)cc1. The molecule has 0 aliphatic carbocycles. The molecule has 1 aliphatic rings. The zero-order chi connectivity index (χ0) is 23.2. The van der Waals surface area contributed by atoms with Crippen molar-refractivity contribution >= 4 is 11.7 Å². The van der Waals surface area contributed by atoms with Crippen LogP contribution in [0.3, 0.4) is 0 Å². The van der Waals surface area contributed by atoms with Crippen LogP contribution in [0.25, 0.3) is 11.4 Å². The van der Waals surface area contributed by atoms with Crippen molar-refractivity contribution in [3.63, 3.8) is 0 Å². The van der Waals surface area contributed by atoms with Crippen molar-refractivity contribution < 1.29 is 9.53 Å². The lowest BCUT2D eigenvalue weighted by Gasteiger charge is -2.33. The summed E-state index contributed by atoms with van der Waals surface area (Å²) >= 11 is 0. The average molecular weight is 446 g/mol. The van der Waals surface area contributed by atoms with Crippen molar-refractivity contribution in [1.82, 2.24) is 19.9 Å². The monoisotopic (exact) mass is 445 g/mol. The highest BCUT2D eigenvalue weighted by Gasteiger charge is 2.27. The van der Waals surface area contributed by atoms with Crippen molar-refractivity contribution in [3.05, 3.63) is 66.1 Å². The maximum absolute atomic E-state index is 13.1. The van der Waals surface area contributed by atoms with Crippen molar-refractivity contribution in [2.45, 2.75) is 32.1 Å². The molecule has 0 spiro atoms. The number of piperidine rings is 1. The number of pyridine rings is 1. The number of hydrogen-bond donors (Lipinski definition) is 0. The van der Waals surface area contributed by atoms with Gasteiger partial charge in [-0.15, -0.1) is 0 Å². The first kappa shape index (κ1) is 22.7. The second-order valence-electron chi connectivity index (χ2n) is 8.54. The molecule has 3 heterocycles. The molecule has 4 rings (SSSR count). The third-order valence-electron chi connectivity index (χ3n) is 5.89. The summed E-state index contributed by atoms with van der Waals surface area (Å²) < 4.78 is 5.50. The van der Waals surface area contributed by atoms with Crippen LogP contribution in [0, 0.1) is 0 Å². The molecular formula is C26H31N5O2. The molecule has 33 heavy (non-hydrogen) atoms. The largest absolute Gasteiger partial charge is 0.494 e. The Morgan fingerprint density at radius 3 is 2.70 bits per heavy atom. The van der Waals surface area contributed by atoms with Gasteiger partial charge < -0.3 is 14.5 Å². The maximum Gasteiger partial charge on any atom is 0.227 e. The standard InChI is InChI=1S/C26H31N5O2/c1-4-33-22-11-9-19(10-12-22)15-25(32)31-14-6-8-21(18-31)23-16-24(30(2)3)29-26(28-23)20-7-5-13-27-17-20/h5,7,9-13,16-17,21H,4,6,8,14-15,18H2,1-3H3/t21-/m1/s1. The van der Waals surface area contributed by atoms with Gasteiger partial charge in [0.25, 0.3) is 0 Å². The fraction of sp³-hybridized carbons (Fsp3) is 0.385. The molecule has 0 unspecified atom stereocenters. The molecule has 1 fully saturated rings. The Kier molecular flexibility index (Phi) is 7.17. The van der Waals surface area contributed by atoms with Crippen LogP contribution in [0.1, 0.15) is 36.9 Å². The Morgan fingerprint density at radius 2 is 2.00 bits per heavy atom. The van der Waals surface area contributed by atoms with Crippen LogP contribution >= 0.6 is 0 Å². The molecule has 7 heteroatoms. The Labute approximate surface area is 195 Å². The van der Waals surface area contributed by atoms with E-state index >= 15 is 0 Å². The molecule has 172 valence electrons. The number of likely N-dealkylation sites (tertiary alicyclic amines) is 1. The van der Waals surface area contributed by atoms with Crippen LogP contribution in [0.5, 0.6) is 5.75 Å². The van der Waals surface area contributed by atoms with Crippen molar-refractivity contribution in [3.8, 4) is 17.1 Å². The van der Waals surface area contributed by atoms with E-state index in [-0.39, 0.29) is 11.8 Å². The lowest BCUT2D eigenvalue weighted by atomic mass is 9.93. The summed E-state index contributed by atoms with van der Waals surface area (Å²) in [5.41, 5.74) is 2.87. The minimum Gasteiger partial charge on any atom is -0.494 e. The van der Waals surface area contributed by atoms with E-state index < -0.39 is 0 Å². The lowest BCUT2D eigenvalue weighted by Crippen LogP contribution is -2.40. The summed E-state index contributed by atoms with van der Waals surface area (Å²) in [6.45, 7) is 4.05. The van der Waals surface area contributed by atoms with Gasteiger partial charge in [0.1, 0.15) is 11.6 Å². The van der Waals surface area contributed by atoms with Gasteiger partial charge in [-0.3, -0.25) is 9.78 Å². The number of amides is 1. The van der Waals surface area contributed by atoms with E-state index in [1.807, 2.05) is 73.3 Å². The van der Waals surface area contributed by atoms with Crippen molar-refractivity contribution in [1.29, 1.82) is 0 Å². The topological polar surface area (TPSA) is 71.5 Å². The molecule has 1 amide bonds. The molecule has 1 aliphatic heterocycles. The summed E-state index contributed by atoms with van der Waals surface area (Å²) in [4.78, 5) is 30.8. The highest BCUT2D eigenvalue weighted by Crippen LogP contribution is 2.29. The normalized spacial score (nSPS) is 15.8. The molecule has 3 aromatic rings. The van der Waals surface area contributed by atoms with E-state index in [9.17, 15) is 4.79 Å². The van der Waals surface area contributed by atoms with Gasteiger partial charge >= 0.3 is 0 Å². The molecule has 0 N–H and O–H groups in total. The molecule has 1 saturated heterocycles. The highest BCUT2D eigenvalue weighted by atomic mass is 16.5. The van der Waals surface area contributed by atoms with Crippen molar-refractivity contribution in [2.75, 3.05) is 38.7 Å². The van der Waals surface area contributed by atoms with Crippen LogP contribution in [-0.4, -0.2) is 59.6 Å². The van der Waals surface area contributed by atoms with Crippen LogP contribution in [0.2, 0.25) is 0 Å². The molecule has 1 aromatic carbocycles. The highest BCUT2D eigenvalue weighted by molar-refractivity contribution is 5.79. The van der Waals surface area contributed by atoms with Crippen molar-refractivity contribution in [2.24, 2.45) is 0 Å². The fourth-order valence-electron chi connectivity index (χ4n) is 4.12. The summed E-state index contributed by atoms with van der Waals surface area (Å²) in [7, 11) is 3.96. The third kappa shape index (κ3) is 5.66. The van der Waals surface area contributed by atoms with Gasteiger partial charge in [-0.05, 0) is 49.6 Å². The van der Waals surface area contributed by atoms with Gasteiger partial charge in [-0.1, -0.05) is 12.1 Å². The van der Waals surface area contributed by atoms with Crippen LogP contribution in [-0.2, 0) is 11.2 Å². The number of carbonyl (C=O) groups excluding carboxylic acids is 1. The summed E-state index contributed by atoms with van der Waals surface area (Å²) in [6.07, 6.45) is 5.89. The Bertz CT molecular complexity index is 1070. The molecular weight excluding hydrogens is 414 g/mol. The molecule has 2 aromatic heterocycles. The first-order chi connectivity index (χ1) is 16.0. The second-order valence-corrected chi connectivity index (χ2v) is 8.54. The third-order valence-corrected chi connectivity index (χ3v) is 5.89. The first-order valence-corrected chi connectivity index (χ1v) is 11.5. The van der Waals surface area contributed by atoms with Gasteiger partial charge in [0, 0.05) is 57.1 Å². The number of carbonyl (C=O) groups is 1. The van der Waals surface area contributed by atoms with Gasteiger partial charge in [-0.25, -0.2) is 9.97 Å². The lowest BCUT2D eigenvalue weighted by molar-refractivity contribution is -0.131. The molecule has 0 bridgehead atoms. The van der Waals surface area contributed by atoms with Gasteiger partial charge in [0.2, 0.25) is 5.91 Å². The van der Waals surface area contributed by atoms with E-state index in [1.54, 1.807) is 12.4 Å². The minimum atomic E-state index is 0.151. The summed E-state index contributed by atoms with van der Waals surface area (Å²) in [6, 6.07) is 13.7. The smallest absolute Gasteiger partial charge is 0.227 e. The number of ether oxygens (including phenoxy) is 1. The van der Waals surface area contributed by atoms with E-state index in [2.05, 4.69) is 4.98 Å². The average Bonchev–Trinajstić information content (AvgIpc) is 2.85. The summed E-state index contributed by atoms with van der Waals surface area (Å²) in [5, 5.41) is 0. The zero-order valence-electron chi connectivity index (χ0n) is 19.6. The minimum absolute atomic E-state index is 0.151. The number of aromatic nitrogens is 3. The van der Waals surface area contributed by atoms with Crippen LogP contribution < -0.4 is 9.64 Å². The van der Waals surface area contributed by atoms with E-state index in [4.69, 9.17) is 14.7 Å². The number of benzene rings is 1. The fourth-order valence-corrected chi connectivity index (χ4v) is 4.12. The number of rotatable bonds is 7. The first-order valence-electron chi connectivity index (χ1n) is 11.5. The van der Waals surface area contributed by atoms with Crippen LogP contribution in [0.4, 0.5) is 5.82 Å². The number of hydrogen-bond acceptors (Lipinski definition) is 6. The number of nitrogens with zero attached hydrogens (tertiary/aromatic N) is 5. The predicted molar refractivity (Wildman–Crippen MR) is 129 cm³/mol. The Balaban J connectivity index is 1.50. The van der Waals surface area contributed by atoms with Gasteiger partial charge in [0.05, 0.1) is 18.7 Å². The van der Waals surface area contributed by atoms with Gasteiger partial charge in [0.15, 0.2) is 5.82 Å². The van der Waals surface area contributed by atoms with Crippen LogP contribution in [0.15, 0.2) is 54.9 Å². The second kappa shape index (κ2) is 10.4. The molecule has 0 radical (unpaired) electrons. The van der Waals surface area contributed by atoms with E-state index in [0.29, 0.717) is 25.4 Å². The molecule has 1 atom stereocenters. The Morgan fingerprint density at radius 1 is 1.18 bits per heavy atom. The predicted octanol–water partition coefficient (Wildman–Crippen LogP) is 3.95. The van der Waals surface area contributed by atoms with E-state index in [0.717, 1.165) is 47.8 Å². The number of anilines is 1. The summed E-state index contributed by atoms with van der Waals surface area (Å²) in [5.74, 6) is 2.69. The maximum atomic E-state index is 13.1. The Hall–Kier alpha value is -3.48. The zero-order valence-corrected chi connectivity index (χ0v) is 19.6. The van der Waals surface area contributed by atoms with E-state index in [1.165, 1.54) is 0 Å².